The van der Waals surface area contributed by atoms with E-state index in [0.717, 1.165) is 61.6 Å². The molecule has 0 unspecified atom stereocenters. The molecule has 2 aliphatic rings. The lowest BCUT2D eigenvalue weighted by atomic mass is 9.95. The quantitative estimate of drug-likeness (QED) is 0.548. The van der Waals surface area contributed by atoms with Crippen LogP contribution in [0.25, 0.3) is 11.0 Å². The van der Waals surface area contributed by atoms with E-state index in [0.29, 0.717) is 23.2 Å². The van der Waals surface area contributed by atoms with Crippen molar-refractivity contribution in [3.8, 4) is 6.07 Å². The van der Waals surface area contributed by atoms with Gasteiger partial charge in [0, 0.05) is 36.7 Å². The van der Waals surface area contributed by atoms with Crippen molar-refractivity contribution in [2.45, 2.75) is 45.1 Å². The van der Waals surface area contributed by atoms with E-state index in [1.54, 1.807) is 6.20 Å². The van der Waals surface area contributed by atoms with Gasteiger partial charge in [-0.15, -0.1) is 0 Å². The van der Waals surface area contributed by atoms with Crippen molar-refractivity contribution in [2.75, 3.05) is 41.8 Å². The largest absolute Gasteiger partial charge is 0.378 e. The highest BCUT2D eigenvalue weighted by Gasteiger charge is 2.19. The monoisotopic (exact) mass is 431 g/mol. The van der Waals surface area contributed by atoms with Gasteiger partial charge < -0.3 is 25.3 Å². The van der Waals surface area contributed by atoms with Crippen LogP contribution in [0, 0.1) is 18.3 Å². The minimum atomic E-state index is 0.380. The second-order valence-corrected chi connectivity index (χ2v) is 8.64. The highest BCUT2D eigenvalue weighted by molar-refractivity contribution is 5.93. The molecule has 1 aliphatic heterocycles. The van der Waals surface area contributed by atoms with Gasteiger partial charge in [0.05, 0.1) is 24.2 Å². The number of morpholine rings is 1. The number of nitrogens with one attached hydrogen (secondary N) is 3. The molecule has 32 heavy (non-hydrogen) atoms. The number of nitrogens with zero attached hydrogens (tertiary/aromatic N) is 4. The topological polar surface area (TPSA) is 102 Å². The van der Waals surface area contributed by atoms with Crippen molar-refractivity contribution in [1.29, 1.82) is 5.26 Å². The predicted molar refractivity (Wildman–Crippen MR) is 127 cm³/mol. The fraction of sp³-hybridized carbons (Fsp3) is 0.458. The molecule has 0 amide bonds. The molecule has 0 spiro atoms. The number of anilines is 4. The Kier molecular flexibility index (Phi) is 5.82. The Hall–Kier alpha value is -3.31. The molecule has 1 saturated carbocycles. The maximum Gasteiger partial charge on any atom is 0.231 e. The van der Waals surface area contributed by atoms with E-state index >= 15 is 0 Å². The Bertz CT molecular complexity index is 1140. The summed E-state index contributed by atoms with van der Waals surface area (Å²) in [6, 6.07) is 9.04. The second kappa shape index (κ2) is 9.05. The van der Waals surface area contributed by atoms with Gasteiger partial charge in [-0.25, -0.2) is 0 Å². The Balaban J connectivity index is 1.43. The predicted octanol–water partition coefficient (Wildman–Crippen LogP) is 4.46. The van der Waals surface area contributed by atoms with Gasteiger partial charge in [-0.3, -0.25) is 0 Å². The molecule has 3 heterocycles. The molecule has 1 aliphatic carbocycles. The zero-order valence-corrected chi connectivity index (χ0v) is 18.4. The van der Waals surface area contributed by atoms with Crippen molar-refractivity contribution in [1.82, 2.24) is 15.0 Å². The highest BCUT2D eigenvalue weighted by atomic mass is 16.5. The fourth-order valence-corrected chi connectivity index (χ4v) is 4.65. The molecule has 2 fully saturated rings. The molecule has 8 nitrogen and oxygen atoms in total. The lowest BCUT2D eigenvalue weighted by Crippen LogP contribution is -2.36. The maximum atomic E-state index is 9.55. The molecule has 0 radical (unpaired) electrons. The first-order valence-corrected chi connectivity index (χ1v) is 11.5. The van der Waals surface area contributed by atoms with Crippen molar-refractivity contribution in [3.05, 3.63) is 35.5 Å². The molecule has 8 heteroatoms. The van der Waals surface area contributed by atoms with E-state index in [1.165, 1.54) is 24.9 Å². The van der Waals surface area contributed by atoms with Crippen molar-refractivity contribution in [2.24, 2.45) is 0 Å². The van der Waals surface area contributed by atoms with Crippen LogP contribution in [-0.4, -0.2) is 47.3 Å². The number of aryl methyl sites for hydroxylation is 1. The van der Waals surface area contributed by atoms with Crippen LogP contribution in [0.1, 0.15) is 43.2 Å². The lowest BCUT2D eigenvalue weighted by molar-refractivity contribution is 0.122. The molecule has 2 aromatic heterocycles. The number of hydrogen-bond acceptors (Lipinski definition) is 7. The first-order chi connectivity index (χ1) is 15.7. The van der Waals surface area contributed by atoms with Crippen molar-refractivity contribution in [3.63, 3.8) is 0 Å². The smallest absolute Gasteiger partial charge is 0.231 e. The van der Waals surface area contributed by atoms with Crippen LogP contribution in [0.4, 0.5) is 23.1 Å². The molecule has 1 saturated heterocycles. The molecule has 5 rings (SSSR count). The van der Waals surface area contributed by atoms with Crippen LogP contribution in [0.5, 0.6) is 0 Å². The molecule has 1 aromatic carbocycles. The minimum Gasteiger partial charge on any atom is -0.378 e. The van der Waals surface area contributed by atoms with Crippen molar-refractivity contribution >= 4 is 34.2 Å². The summed E-state index contributed by atoms with van der Waals surface area (Å²) in [7, 11) is 0. The third-order valence-electron chi connectivity index (χ3n) is 6.43. The first-order valence-electron chi connectivity index (χ1n) is 11.5. The third kappa shape index (κ3) is 4.21. The normalized spacial score (nSPS) is 17.3. The average Bonchev–Trinajstić information content (AvgIpc) is 3.25. The van der Waals surface area contributed by atoms with E-state index in [2.05, 4.69) is 56.7 Å². The summed E-state index contributed by atoms with van der Waals surface area (Å²) >= 11 is 0. The number of rotatable bonds is 5. The molecular formula is C24H29N7O. The zero-order valence-electron chi connectivity index (χ0n) is 18.4. The number of ether oxygens (including phenoxy) is 1. The first kappa shape index (κ1) is 20.6. The van der Waals surface area contributed by atoms with Crippen LogP contribution < -0.4 is 15.5 Å². The zero-order chi connectivity index (χ0) is 21.9. The number of fused-ring (bicyclic) bond motifs is 1. The van der Waals surface area contributed by atoms with Gasteiger partial charge in [0.25, 0.3) is 0 Å². The van der Waals surface area contributed by atoms with E-state index in [1.807, 2.05) is 0 Å². The van der Waals surface area contributed by atoms with Gasteiger partial charge in [0.1, 0.15) is 17.5 Å². The Morgan fingerprint density at radius 3 is 2.72 bits per heavy atom. The Morgan fingerprint density at radius 2 is 1.97 bits per heavy atom. The molecular weight excluding hydrogens is 402 g/mol. The minimum absolute atomic E-state index is 0.380. The van der Waals surface area contributed by atoms with Gasteiger partial charge in [-0.1, -0.05) is 19.3 Å². The van der Waals surface area contributed by atoms with Crippen LogP contribution in [0.3, 0.4) is 0 Å². The Morgan fingerprint density at radius 1 is 1.16 bits per heavy atom. The number of hydrogen-bond donors (Lipinski definition) is 3. The molecule has 3 N–H and O–H groups in total. The van der Waals surface area contributed by atoms with E-state index in [4.69, 9.17) is 9.72 Å². The summed E-state index contributed by atoms with van der Waals surface area (Å²) in [5.41, 5.74) is 4.53. The van der Waals surface area contributed by atoms with Gasteiger partial charge in [-0.2, -0.15) is 15.2 Å². The molecule has 0 atom stereocenters. The summed E-state index contributed by atoms with van der Waals surface area (Å²) < 4.78 is 5.47. The summed E-state index contributed by atoms with van der Waals surface area (Å²) in [6.45, 7) is 5.45. The van der Waals surface area contributed by atoms with E-state index in [9.17, 15) is 5.26 Å². The second-order valence-electron chi connectivity index (χ2n) is 8.64. The number of benzene rings is 1. The summed E-state index contributed by atoms with van der Waals surface area (Å²) in [5, 5.41) is 17.3. The summed E-state index contributed by atoms with van der Waals surface area (Å²) in [5.74, 6) is 1.24. The average molecular weight is 432 g/mol. The van der Waals surface area contributed by atoms with Gasteiger partial charge in [-0.05, 0) is 43.5 Å². The molecule has 0 bridgehead atoms. The van der Waals surface area contributed by atoms with Gasteiger partial charge >= 0.3 is 0 Å². The Labute approximate surface area is 188 Å². The van der Waals surface area contributed by atoms with E-state index < -0.39 is 0 Å². The standard InChI is InChI=1S/C24H29N7O/c1-16-13-19(31-9-11-32-12-10-31)7-8-20(16)28-24-29-22-21(17(14-25)15-26-22)23(30-24)27-18-5-3-2-4-6-18/h7-8,13,15,18H,2-6,9-12H2,1H3,(H3,26,27,28,29,30). The van der Waals surface area contributed by atoms with Gasteiger partial charge in [0.2, 0.25) is 5.95 Å². The lowest BCUT2D eigenvalue weighted by Gasteiger charge is -2.29. The van der Waals surface area contributed by atoms with E-state index in [-0.39, 0.29) is 0 Å². The number of nitriles is 1. The van der Waals surface area contributed by atoms with Crippen LogP contribution in [0.2, 0.25) is 0 Å². The number of aromatic amines is 1. The number of aromatic nitrogens is 3. The maximum absolute atomic E-state index is 9.55. The fourth-order valence-electron chi connectivity index (χ4n) is 4.65. The molecule has 3 aromatic rings. The van der Waals surface area contributed by atoms with Crippen LogP contribution >= 0.6 is 0 Å². The molecule has 166 valence electrons. The summed E-state index contributed by atoms with van der Waals surface area (Å²) in [6.07, 6.45) is 7.70. The van der Waals surface area contributed by atoms with Crippen molar-refractivity contribution < 1.29 is 4.74 Å². The third-order valence-corrected chi connectivity index (χ3v) is 6.43. The SMILES string of the molecule is Cc1cc(N2CCOCC2)ccc1Nc1nc(NC2CCCCC2)c2c(C#N)c[nH]c2n1. The van der Waals surface area contributed by atoms with Crippen LogP contribution in [-0.2, 0) is 4.74 Å². The highest BCUT2D eigenvalue weighted by Crippen LogP contribution is 2.30. The summed E-state index contributed by atoms with van der Waals surface area (Å²) in [4.78, 5) is 14.9. The van der Waals surface area contributed by atoms with Gasteiger partial charge in [0.15, 0.2) is 0 Å². The van der Waals surface area contributed by atoms with Crippen LogP contribution in [0.15, 0.2) is 24.4 Å². The number of H-pyrrole nitrogens is 1.